The minimum Gasteiger partial charge on any atom is -0.480 e. The van der Waals surface area contributed by atoms with Crippen molar-refractivity contribution in [3.63, 3.8) is 0 Å². The van der Waals surface area contributed by atoms with Crippen molar-refractivity contribution in [3.8, 4) is 0 Å². The SMILES string of the molecule is CC(C)[C@@H](S)C(=O)NC1(C(=O)N[C@H](Cc2ccc3ccccc3c2)C(=O)O)CCCC1. The maximum absolute atomic E-state index is 13.2. The Morgan fingerprint density at radius 3 is 2.32 bits per heavy atom. The highest BCUT2D eigenvalue weighted by atomic mass is 32.1. The molecular weight excluding hydrogens is 412 g/mol. The van der Waals surface area contributed by atoms with Crippen LogP contribution in [-0.4, -0.2) is 39.7 Å². The fourth-order valence-electron chi connectivity index (χ4n) is 4.10. The number of carboxylic acid groups (broad SMARTS) is 1. The van der Waals surface area contributed by atoms with Gasteiger partial charge in [0.25, 0.3) is 0 Å². The predicted molar refractivity (Wildman–Crippen MR) is 124 cm³/mol. The van der Waals surface area contributed by atoms with E-state index in [1.54, 1.807) is 0 Å². The average Bonchev–Trinajstić information content (AvgIpc) is 3.22. The van der Waals surface area contributed by atoms with Crippen LogP contribution in [0.25, 0.3) is 10.8 Å². The van der Waals surface area contributed by atoms with Crippen LogP contribution in [0.2, 0.25) is 0 Å². The van der Waals surface area contributed by atoms with Gasteiger partial charge in [0.15, 0.2) is 0 Å². The minimum absolute atomic E-state index is 0.0181. The van der Waals surface area contributed by atoms with Crippen LogP contribution in [0.4, 0.5) is 0 Å². The highest BCUT2D eigenvalue weighted by Crippen LogP contribution is 2.31. The van der Waals surface area contributed by atoms with E-state index in [0.717, 1.165) is 29.2 Å². The molecule has 0 spiro atoms. The number of nitrogens with one attached hydrogen (secondary N) is 2. The molecule has 3 N–H and O–H groups in total. The van der Waals surface area contributed by atoms with Gasteiger partial charge in [-0.3, -0.25) is 9.59 Å². The summed E-state index contributed by atoms with van der Waals surface area (Å²) in [6.07, 6.45) is 2.75. The monoisotopic (exact) mass is 442 g/mol. The third kappa shape index (κ3) is 5.39. The largest absolute Gasteiger partial charge is 0.480 e. The first kappa shape index (κ1) is 23.1. The Morgan fingerprint density at radius 2 is 1.71 bits per heavy atom. The van der Waals surface area contributed by atoms with Crippen molar-refractivity contribution >= 4 is 41.2 Å². The Balaban J connectivity index is 1.76. The van der Waals surface area contributed by atoms with Gasteiger partial charge in [-0.1, -0.05) is 69.2 Å². The van der Waals surface area contributed by atoms with E-state index in [1.807, 2.05) is 56.3 Å². The molecule has 3 rings (SSSR count). The Bertz CT molecular complexity index is 969. The van der Waals surface area contributed by atoms with Crippen LogP contribution in [0.1, 0.15) is 45.1 Å². The second-order valence-electron chi connectivity index (χ2n) is 8.72. The fourth-order valence-corrected chi connectivity index (χ4v) is 4.16. The van der Waals surface area contributed by atoms with Gasteiger partial charge in [0, 0.05) is 6.42 Å². The lowest BCUT2D eigenvalue weighted by Crippen LogP contribution is -2.61. The summed E-state index contributed by atoms with van der Waals surface area (Å²) >= 11 is 4.36. The third-order valence-electron chi connectivity index (χ3n) is 6.01. The Hall–Kier alpha value is -2.54. The lowest BCUT2D eigenvalue weighted by Gasteiger charge is -2.32. The van der Waals surface area contributed by atoms with Crippen molar-refractivity contribution in [2.24, 2.45) is 5.92 Å². The van der Waals surface area contributed by atoms with E-state index < -0.39 is 28.7 Å². The van der Waals surface area contributed by atoms with Crippen molar-refractivity contribution in [3.05, 3.63) is 48.0 Å². The number of carboxylic acids is 1. The average molecular weight is 443 g/mol. The van der Waals surface area contributed by atoms with E-state index in [1.165, 1.54) is 0 Å². The van der Waals surface area contributed by atoms with Gasteiger partial charge in [0.1, 0.15) is 11.6 Å². The molecule has 6 nitrogen and oxygen atoms in total. The van der Waals surface area contributed by atoms with Gasteiger partial charge in [-0.2, -0.15) is 12.6 Å². The maximum Gasteiger partial charge on any atom is 0.326 e. The van der Waals surface area contributed by atoms with Gasteiger partial charge in [-0.25, -0.2) is 4.79 Å². The second kappa shape index (κ2) is 9.73. The first-order valence-corrected chi connectivity index (χ1v) is 11.2. The summed E-state index contributed by atoms with van der Waals surface area (Å²) in [5.74, 6) is -1.81. The van der Waals surface area contributed by atoms with E-state index >= 15 is 0 Å². The Kier molecular flexibility index (Phi) is 7.26. The number of aliphatic carboxylic acids is 1. The first-order valence-electron chi connectivity index (χ1n) is 10.7. The molecule has 0 bridgehead atoms. The Morgan fingerprint density at radius 1 is 1.06 bits per heavy atom. The van der Waals surface area contributed by atoms with Gasteiger partial charge in [0.05, 0.1) is 5.25 Å². The van der Waals surface area contributed by atoms with Crippen molar-refractivity contribution in [2.75, 3.05) is 0 Å². The second-order valence-corrected chi connectivity index (χ2v) is 9.27. The summed E-state index contributed by atoms with van der Waals surface area (Å²) < 4.78 is 0. The lowest BCUT2D eigenvalue weighted by atomic mass is 9.94. The molecule has 2 aromatic carbocycles. The standard InChI is InChI=1S/C24H30N2O4S/c1-15(2)20(31)21(27)26-24(11-5-6-12-24)23(30)25-19(22(28)29)14-16-9-10-17-7-3-4-8-18(17)13-16/h3-4,7-10,13,15,19-20,31H,5-6,11-12,14H2,1-2H3,(H,25,30)(H,26,27)(H,28,29)/t19-,20-/m1/s1. The normalized spacial score (nSPS) is 17.3. The highest BCUT2D eigenvalue weighted by Gasteiger charge is 2.44. The summed E-state index contributed by atoms with van der Waals surface area (Å²) in [7, 11) is 0. The van der Waals surface area contributed by atoms with Gasteiger partial charge in [-0.05, 0) is 35.1 Å². The molecule has 1 fully saturated rings. The quantitative estimate of drug-likeness (QED) is 0.472. The van der Waals surface area contributed by atoms with Crippen LogP contribution >= 0.6 is 12.6 Å². The number of rotatable bonds is 8. The van der Waals surface area contributed by atoms with Crippen molar-refractivity contribution in [2.45, 2.75) is 62.8 Å². The van der Waals surface area contributed by atoms with Crippen molar-refractivity contribution in [1.82, 2.24) is 10.6 Å². The molecule has 1 aliphatic rings. The number of carbonyl (C=O) groups excluding carboxylic acids is 2. The van der Waals surface area contributed by atoms with Crippen LogP contribution in [0.5, 0.6) is 0 Å². The molecule has 2 aromatic rings. The van der Waals surface area contributed by atoms with Gasteiger partial charge in [-0.15, -0.1) is 0 Å². The number of thiol groups is 1. The molecule has 0 heterocycles. The summed E-state index contributed by atoms with van der Waals surface area (Å²) in [5.41, 5.74) is -0.254. The van der Waals surface area contributed by atoms with Crippen LogP contribution in [-0.2, 0) is 20.8 Å². The molecule has 1 aliphatic carbocycles. The topological polar surface area (TPSA) is 95.5 Å². The van der Waals surface area contributed by atoms with E-state index in [2.05, 4.69) is 23.3 Å². The van der Waals surface area contributed by atoms with Crippen LogP contribution in [0.15, 0.2) is 42.5 Å². The molecule has 2 atom stereocenters. The summed E-state index contributed by atoms with van der Waals surface area (Å²) in [5, 5.41) is 16.9. The number of amides is 2. The fraction of sp³-hybridized carbons (Fsp3) is 0.458. The summed E-state index contributed by atoms with van der Waals surface area (Å²) in [6.45, 7) is 3.78. The van der Waals surface area contributed by atoms with Crippen LogP contribution < -0.4 is 10.6 Å². The molecule has 0 unspecified atom stereocenters. The maximum atomic E-state index is 13.2. The van der Waals surface area contributed by atoms with Crippen LogP contribution in [0, 0.1) is 5.92 Å². The molecular formula is C24H30N2O4S. The van der Waals surface area contributed by atoms with Crippen molar-refractivity contribution < 1.29 is 19.5 Å². The zero-order valence-corrected chi connectivity index (χ0v) is 18.8. The number of carbonyl (C=O) groups is 3. The summed E-state index contributed by atoms with van der Waals surface area (Å²) in [6, 6.07) is 12.5. The Labute approximate surface area is 188 Å². The minimum atomic E-state index is -1.10. The number of benzene rings is 2. The van der Waals surface area contributed by atoms with E-state index in [4.69, 9.17) is 0 Å². The van der Waals surface area contributed by atoms with Crippen molar-refractivity contribution in [1.29, 1.82) is 0 Å². The molecule has 7 heteroatoms. The van der Waals surface area contributed by atoms with Gasteiger partial charge < -0.3 is 15.7 Å². The highest BCUT2D eigenvalue weighted by molar-refractivity contribution is 7.81. The lowest BCUT2D eigenvalue weighted by molar-refractivity contribution is -0.143. The zero-order valence-electron chi connectivity index (χ0n) is 17.9. The molecule has 0 radical (unpaired) electrons. The summed E-state index contributed by atoms with van der Waals surface area (Å²) in [4.78, 5) is 37.7. The molecule has 0 saturated heterocycles. The predicted octanol–water partition coefficient (Wildman–Crippen LogP) is 3.34. The van der Waals surface area contributed by atoms with E-state index in [9.17, 15) is 19.5 Å². The molecule has 0 aromatic heterocycles. The molecule has 0 aliphatic heterocycles. The molecule has 31 heavy (non-hydrogen) atoms. The van der Waals surface area contributed by atoms with Gasteiger partial charge in [0.2, 0.25) is 11.8 Å². The molecule has 2 amide bonds. The molecule has 1 saturated carbocycles. The smallest absolute Gasteiger partial charge is 0.326 e. The van der Waals surface area contributed by atoms with Gasteiger partial charge >= 0.3 is 5.97 Å². The van der Waals surface area contributed by atoms with E-state index in [0.29, 0.717) is 12.8 Å². The first-order chi connectivity index (χ1) is 14.7. The molecule has 166 valence electrons. The number of fused-ring (bicyclic) bond motifs is 1. The van der Waals surface area contributed by atoms with E-state index in [-0.39, 0.29) is 18.2 Å². The number of hydrogen-bond donors (Lipinski definition) is 4. The zero-order chi connectivity index (χ0) is 22.6. The third-order valence-corrected chi connectivity index (χ3v) is 6.84. The van der Waals surface area contributed by atoms with Crippen LogP contribution in [0.3, 0.4) is 0 Å². The number of hydrogen-bond acceptors (Lipinski definition) is 4.